The summed E-state index contributed by atoms with van der Waals surface area (Å²) in [6.07, 6.45) is 1.72. The average molecular weight is 342 g/mol. The van der Waals surface area contributed by atoms with Gasteiger partial charge in [0.15, 0.2) is 0 Å². The molecule has 1 aromatic heterocycles. The quantitative estimate of drug-likeness (QED) is 0.845. The molecule has 0 aliphatic heterocycles. The van der Waals surface area contributed by atoms with E-state index in [0.717, 1.165) is 20.1 Å². The number of aryl methyl sites for hydroxylation is 1. The van der Waals surface area contributed by atoms with Crippen LogP contribution in [0, 0.1) is 6.92 Å². The predicted octanol–water partition coefficient (Wildman–Crippen LogP) is 4.16. The molecule has 2 aromatic rings. The highest BCUT2D eigenvalue weighted by molar-refractivity contribution is 9.11. The van der Waals surface area contributed by atoms with Crippen LogP contribution in [0.4, 0.5) is 5.82 Å². The highest BCUT2D eigenvalue weighted by Gasteiger charge is 2.12. The molecule has 0 atom stereocenters. The van der Waals surface area contributed by atoms with Crippen LogP contribution >= 0.6 is 31.9 Å². The Morgan fingerprint density at radius 2 is 1.88 bits per heavy atom. The largest absolute Gasteiger partial charge is 0.383 e. The van der Waals surface area contributed by atoms with Crippen LogP contribution in [-0.2, 0) is 0 Å². The molecule has 0 saturated carbocycles. The summed E-state index contributed by atoms with van der Waals surface area (Å²) >= 11 is 6.99. The Bertz CT molecular complexity index is 539. The second-order valence-corrected chi connectivity index (χ2v) is 5.14. The third-order valence-electron chi connectivity index (χ3n) is 2.41. The zero-order valence-corrected chi connectivity index (χ0v) is 11.8. The number of hydrogen-bond donors (Lipinski definition) is 1. The van der Waals surface area contributed by atoms with Gasteiger partial charge < -0.3 is 5.73 Å². The van der Waals surface area contributed by atoms with E-state index in [1.807, 2.05) is 12.1 Å². The maximum absolute atomic E-state index is 5.80. The molecule has 0 fully saturated rings. The van der Waals surface area contributed by atoms with E-state index in [2.05, 4.69) is 55.9 Å². The van der Waals surface area contributed by atoms with E-state index in [4.69, 9.17) is 5.73 Å². The van der Waals surface area contributed by atoms with Crippen LogP contribution in [0.5, 0.6) is 0 Å². The first kappa shape index (κ1) is 11.6. The molecule has 1 heterocycles. The summed E-state index contributed by atoms with van der Waals surface area (Å²) in [5, 5.41) is 0. The molecule has 0 radical (unpaired) electrons. The molecule has 0 aliphatic rings. The molecule has 82 valence electrons. The number of nitrogens with zero attached hydrogens (tertiary/aromatic N) is 1. The maximum atomic E-state index is 5.80. The fraction of sp³-hybridized carbons (Fsp3) is 0.0833. The summed E-state index contributed by atoms with van der Waals surface area (Å²) in [6, 6.07) is 8.17. The first-order valence-corrected chi connectivity index (χ1v) is 6.35. The van der Waals surface area contributed by atoms with Crippen LogP contribution in [0.2, 0.25) is 0 Å². The number of anilines is 1. The van der Waals surface area contributed by atoms with Crippen LogP contribution in [0.15, 0.2) is 39.4 Å². The molecular formula is C12H10Br2N2. The van der Waals surface area contributed by atoms with E-state index >= 15 is 0 Å². The van der Waals surface area contributed by atoms with Crippen LogP contribution < -0.4 is 5.73 Å². The molecule has 2 N–H and O–H groups in total. The highest BCUT2D eigenvalue weighted by Crippen LogP contribution is 2.38. The van der Waals surface area contributed by atoms with Gasteiger partial charge in [-0.05, 0) is 49.9 Å². The van der Waals surface area contributed by atoms with Gasteiger partial charge in [-0.2, -0.15) is 0 Å². The van der Waals surface area contributed by atoms with E-state index in [1.54, 1.807) is 6.20 Å². The second-order valence-electron chi connectivity index (χ2n) is 3.50. The number of aromatic nitrogens is 1. The molecule has 0 aliphatic carbocycles. The average Bonchev–Trinajstić information content (AvgIpc) is 2.27. The smallest absolute Gasteiger partial charge is 0.138 e. The predicted molar refractivity (Wildman–Crippen MR) is 74.2 cm³/mol. The van der Waals surface area contributed by atoms with Crippen molar-refractivity contribution >= 4 is 37.7 Å². The summed E-state index contributed by atoms with van der Waals surface area (Å²) in [5.41, 5.74) is 9.20. The van der Waals surface area contributed by atoms with Gasteiger partial charge in [0.25, 0.3) is 0 Å². The number of hydrogen-bond acceptors (Lipinski definition) is 2. The van der Waals surface area contributed by atoms with Gasteiger partial charge in [-0.3, -0.25) is 0 Å². The van der Waals surface area contributed by atoms with Gasteiger partial charge in [-0.15, -0.1) is 0 Å². The van der Waals surface area contributed by atoms with Gasteiger partial charge in [0, 0.05) is 16.2 Å². The third kappa shape index (κ3) is 1.99. The van der Waals surface area contributed by atoms with E-state index in [9.17, 15) is 0 Å². The first-order valence-electron chi connectivity index (χ1n) is 4.76. The molecule has 16 heavy (non-hydrogen) atoms. The number of halogens is 2. The van der Waals surface area contributed by atoms with Crippen molar-refractivity contribution in [3.05, 3.63) is 45.0 Å². The fourth-order valence-electron chi connectivity index (χ4n) is 1.58. The Morgan fingerprint density at radius 3 is 2.56 bits per heavy atom. The number of pyridine rings is 1. The van der Waals surface area contributed by atoms with E-state index < -0.39 is 0 Å². The van der Waals surface area contributed by atoms with Gasteiger partial charge in [-0.25, -0.2) is 4.98 Å². The molecule has 0 amide bonds. The Kier molecular flexibility index (Phi) is 3.30. The van der Waals surface area contributed by atoms with E-state index in [1.165, 1.54) is 5.56 Å². The van der Waals surface area contributed by atoms with E-state index in [-0.39, 0.29) is 0 Å². The summed E-state index contributed by atoms with van der Waals surface area (Å²) in [6.45, 7) is 2.07. The monoisotopic (exact) mass is 340 g/mol. The SMILES string of the molecule is Cc1ccccc1-c1c(Br)cnc(N)c1Br. The third-order valence-corrected chi connectivity index (χ3v) is 3.82. The van der Waals surface area contributed by atoms with Crippen LogP contribution in [0.3, 0.4) is 0 Å². The molecule has 4 heteroatoms. The molecule has 0 saturated heterocycles. The number of nitrogen functional groups attached to an aromatic ring is 1. The van der Waals surface area contributed by atoms with Crippen LogP contribution in [0.25, 0.3) is 11.1 Å². The second kappa shape index (κ2) is 4.55. The summed E-state index contributed by atoms with van der Waals surface area (Å²) in [4.78, 5) is 4.08. The van der Waals surface area contributed by atoms with E-state index in [0.29, 0.717) is 5.82 Å². The number of nitrogens with two attached hydrogens (primary N) is 1. The van der Waals surface area contributed by atoms with Crippen molar-refractivity contribution < 1.29 is 0 Å². The van der Waals surface area contributed by atoms with Crippen molar-refractivity contribution in [1.82, 2.24) is 4.98 Å². The molecule has 0 spiro atoms. The van der Waals surface area contributed by atoms with Crippen molar-refractivity contribution in [2.45, 2.75) is 6.92 Å². The number of benzene rings is 1. The number of rotatable bonds is 1. The Labute approximate surface area is 111 Å². The summed E-state index contributed by atoms with van der Waals surface area (Å²) in [5.74, 6) is 0.501. The fourth-order valence-corrected chi connectivity index (χ4v) is 2.89. The minimum absolute atomic E-state index is 0.501. The lowest BCUT2D eigenvalue weighted by Gasteiger charge is -2.11. The zero-order valence-electron chi connectivity index (χ0n) is 8.67. The lowest BCUT2D eigenvalue weighted by molar-refractivity contribution is 1.29. The lowest BCUT2D eigenvalue weighted by Crippen LogP contribution is -1.95. The summed E-state index contributed by atoms with van der Waals surface area (Å²) < 4.78 is 1.76. The molecule has 2 nitrogen and oxygen atoms in total. The van der Waals surface area contributed by atoms with Gasteiger partial charge in [-0.1, -0.05) is 24.3 Å². The topological polar surface area (TPSA) is 38.9 Å². The maximum Gasteiger partial charge on any atom is 0.138 e. The van der Waals surface area contributed by atoms with Crippen molar-refractivity contribution in [3.63, 3.8) is 0 Å². The molecule has 1 aromatic carbocycles. The van der Waals surface area contributed by atoms with Gasteiger partial charge >= 0.3 is 0 Å². The minimum Gasteiger partial charge on any atom is -0.383 e. The molecule has 0 bridgehead atoms. The van der Waals surface area contributed by atoms with Crippen LogP contribution in [0.1, 0.15) is 5.56 Å². The van der Waals surface area contributed by atoms with Crippen molar-refractivity contribution in [2.24, 2.45) is 0 Å². The van der Waals surface area contributed by atoms with Crippen molar-refractivity contribution in [1.29, 1.82) is 0 Å². The highest BCUT2D eigenvalue weighted by atomic mass is 79.9. The van der Waals surface area contributed by atoms with Crippen molar-refractivity contribution in [3.8, 4) is 11.1 Å². The van der Waals surface area contributed by atoms with Gasteiger partial charge in [0.05, 0.1) is 4.47 Å². The Morgan fingerprint density at radius 1 is 1.19 bits per heavy atom. The summed E-state index contributed by atoms with van der Waals surface area (Å²) in [7, 11) is 0. The van der Waals surface area contributed by atoms with Crippen molar-refractivity contribution in [2.75, 3.05) is 5.73 Å². The zero-order chi connectivity index (χ0) is 11.7. The van der Waals surface area contributed by atoms with Crippen LogP contribution in [-0.4, -0.2) is 4.98 Å². The Hall–Kier alpha value is -0.870. The standard InChI is InChI=1S/C12H10Br2N2/c1-7-4-2-3-5-8(7)10-9(13)6-16-12(15)11(10)14/h2-6H,1H3,(H2,15,16). The molecule has 2 rings (SSSR count). The molecular weight excluding hydrogens is 332 g/mol. The first-order chi connectivity index (χ1) is 7.61. The Balaban J connectivity index is 2.74. The normalized spacial score (nSPS) is 10.4. The lowest BCUT2D eigenvalue weighted by atomic mass is 10.0. The molecule has 0 unspecified atom stereocenters. The van der Waals surface area contributed by atoms with Gasteiger partial charge in [0.1, 0.15) is 5.82 Å². The van der Waals surface area contributed by atoms with Gasteiger partial charge in [0.2, 0.25) is 0 Å². The minimum atomic E-state index is 0.501.